The number of benzene rings is 2. The van der Waals surface area contributed by atoms with Crippen LogP contribution in [-0.4, -0.2) is 18.2 Å². The van der Waals surface area contributed by atoms with Crippen LogP contribution in [0.1, 0.15) is 45.5 Å². The molecule has 2 atom stereocenters. The molecule has 4 rings (SSSR count). The minimum absolute atomic E-state index is 0.0811. The number of aromatic carboxylic acids is 1. The summed E-state index contributed by atoms with van der Waals surface area (Å²) in [5.74, 6) is 0.888. The predicted molar refractivity (Wildman–Crippen MR) is 97.3 cm³/mol. The number of carbonyl (C=O) groups is 1. The van der Waals surface area contributed by atoms with E-state index in [1.807, 2.05) is 18.2 Å². The number of hydrogen-bond acceptors (Lipinski definition) is 4. The van der Waals surface area contributed by atoms with Crippen molar-refractivity contribution < 1.29 is 19.1 Å². The summed E-state index contributed by atoms with van der Waals surface area (Å²) in [6, 6.07) is 12.3. The van der Waals surface area contributed by atoms with Gasteiger partial charge in [0.25, 0.3) is 0 Å². The minimum Gasteiger partial charge on any atom is -0.497 e. The Morgan fingerprint density at radius 2 is 2.00 bits per heavy atom. The van der Waals surface area contributed by atoms with Gasteiger partial charge >= 0.3 is 5.97 Å². The van der Waals surface area contributed by atoms with E-state index in [2.05, 4.69) is 6.07 Å². The Morgan fingerprint density at radius 1 is 1.19 bits per heavy atom. The maximum atomic E-state index is 12.7. The molecule has 1 aliphatic rings. The maximum Gasteiger partial charge on any atom is 0.335 e. The average molecular weight is 350 g/mol. The second-order valence-electron chi connectivity index (χ2n) is 6.66. The molecule has 1 heterocycles. The van der Waals surface area contributed by atoms with Gasteiger partial charge in [-0.05, 0) is 55.2 Å². The molecule has 26 heavy (non-hydrogen) atoms. The molecule has 5 nitrogen and oxygen atoms in total. The maximum absolute atomic E-state index is 12.7. The van der Waals surface area contributed by atoms with Gasteiger partial charge in [0.2, 0.25) is 0 Å². The lowest BCUT2D eigenvalue weighted by Gasteiger charge is -2.08. The standard InChI is InChI=1S/C21H18O5/c1-11-19(22)17-9-13(21(23)24)6-7-18(17)26-20(11)16-10-15(16)12-4-3-5-14(8-12)25-2/h3-9,15-16H,10H2,1-2H3,(H,23,24). The summed E-state index contributed by atoms with van der Waals surface area (Å²) in [5, 5.41) is 9.43. The van der Waals surface area contributed by atoms with Crippen LogP contribution < -0.4 is 10.2 Å². The van der Waals surface area contributed by atoms with E-state index in [9.17, 15) is 9.59 Å². The molecule has 0 aliphatic heterocycles. The van der Waals surface area contributed by atoms with Crippen LogP contribution in [0.25, 0.3) is 11.0 Å². The minimum atomic E-state index is -1.06. The first-order valence-electron chi connectivity index (χ1n) is 8.44. The highest BCUT2D eigenvalue weighted by atomic mass is 16.5. The van der Waals surface area contributed by atoms with Gasteiger partial charge in [-0.15, -0.1) is 0 Å². The van der Waals surface area contributed by atoms with Crippen LogP contribution in [-0.2, 0) is 0 Å². The summed E-state index contributed by atoms with van der Waals surface area (Å²) in [6.45, 7) is 1.75. The zero-order valence-corrected chi connectivity index (χ0v) is 14.5. The SMILES string of the molecule is COc1cccc(C2CC2c2oc3ccc(C(=O)O)cc3c(=O)c2C)c1. The van der Waals surface area contributed by atoms with E-state index in [4.69, 9.17) is 14.3 Å². The zero-order valence-electron chi connectivity index (χ0n) is 14.5. The van der Waals surface area contributed by atoms with Crippen molar-refractivity contribution >= 4 is 16.9 Å². The third-order valence-electron chi connectivity index (χ3n) is 5.05. The molecular weight excluding hydrogens is 332 g/mol. The van der Waals surface area contributed by atoms with Gasteiger partial charge in [0, 0.05) is 11.5 Å². The van der Waals surface area contributed by atoms with Crippen molar-refractivity contribution in [2.24, 2.45) is 0 Å². The van der Waals surface area contributed by atoms with Crippen LogP contribution >= 0.6 is 0 Å². The Kier molecular flexibility index (Phi) is 3.80. The molecule has 0 amide bonds. The Bertz CT molecular complexity index is 1080. The van der Waals surface area contributed by atoms with Crippen LogP contribution in [0.15, 0.2) is 51.7 Å². The highest BCUT2D eigenvalue weighted by molar-refractivity contribution is 5.92. The first kappa shape index (κ1) is 16.4. The van der Waals surface area contributed by atoms with Gasteiger partial charge in [-0.3, -0.25) is 4.79 Å². The summed E-state index contributed by atoms with van der Waals surface area (Å²) < 4.78 is 11.3. The molecule has 0 spiro atoms. The van der Waals surface area contributed by atoms with Crippen molar-refractivity contribution in [1.29, 1.82) is 0 Å². The third-order valence-corrected chi connectivity index (χ3v) is 5.05. The van der Waals surface area contributed by atoms with E-state index >= 15 is 0 Å². The van der Waals surface area contributed by atoms with E-state index in [0.29, 0.717) is 28.2 Å². The second-order valence-corrected chi connectivity index (χ2v) is 6.66. The van der Waals surface area contributed by atoms with Crippen molar-refractivity contribution in [3.8, 4) is 5.75 Å². The molecule has 1 aromatic heterocycles. The van der Waals surface area contributed by atoms with Crippen LogP contribution in [0.4, 0.5) is 0 Å². The molecule has 2 unspecified atom stereocenters. The van der Waals surface area contributed by atoms with Gasteiger partial charge in [0.15, 0.2) is 5.43 Å². The van der Waals surface area contributed by atoms with Crippen LogP contribution in [0.5, 0.6) is 5.75 Å². The van der Waals surface area contributed by atoms with Gasteiger partial charge in [-0.2, -0.15) is 0 Å². The molecule has 5 heteroatoms. The lowest BCUT2D eigenvalue weighted by Crippen LogP contribution is -2.10. The fraction of sp³-hybridized carbons (Fsp3) is 0.238. The van der Waals surface area contributed by atoms with E-state index in [-0.39, 0.29) is 16.9 Å². The largest absolute Gasteiger partial charge is 0.497 e. The fourth-order valence-electron chi connectivity index (χ4n) is 3.52. The zero-order chi connectivity index (χ0) is 18.4. The van der Waals surface area contributed by atoms with Gasteiger partial charge in [0.1, 0.15) is 17.1 Å². The third kappa shape index (κ3) is 2.65. The van der Waals surface area contributed by atoms with Crippen molar-refractivity contribution in [2.75, 3.05) is 7.11 Å². The summed E-state index contributed by atoms with van der Waals surface area (Å²) >= 11 is 0. The van der Waals surface area contributed by atoms with Crippen LogP contribution in [0, 0.1) is 6.92 Å². The molecule has 1 aliphatic carbocycles. The number of methoxy groups -OCH3 is 1. The van der Waals surface area contributed by atoms with Gasteiger partial charge in [0.05, 0.1) is 18.1 Å². The fourth-order valence-corrected chi connectivity index (χ4v) is 3.52. The second kappa shape index (κ2) is 6.02. The van der Waals surface area contributed by atoms with Crippen LogP contribution in [0.2, 0.25) is 0 Å². The van der Waals surface area contributed by atoms with Crippen LogP contribution in [0.3, 0.4) is 0 Å². The number of rotatable bonds is 4. The normalized spacial score (nSPS) is 18.7. The Labute approximate surface area is 149 Å². The number of carboxylic acid groups (broad SMARTS) is 1. The van der Waals surface area contributed by atoms with E-state index in [0.717, 1.165) is 17.7 Å². The van der Waals surface area contributed by atoms with Gasteiger partial charge in [-0.1, -0.05) is 12.1 Å². The molecule has 1 N–H and O–H groups in total. The number of carboxylic acids is 1. The number of fused-ring (bicyclic) bond motifs is 1. The van der Waals surface area contributed by atoms with E-state index in [1.54, 1.807) is 20.1 Å². The van der Waals surface area contributed by atoms with Gasteiger partial charge in [-0.25, -0.2) is 4.79 Å². The highest BCUT2D eigenvalue weighted by Gasteiger charge is 2.43. The predicted octanol–water partition coefficient (Wildman–Crippen LogP) is 4.08. The number of hydrogen-bond donors (Lipinski definition) is 1. The highest BCUT2D eigenvalue weighted by Crippen LogP contribution is 2.55. The summed E-state index contributed by atoms with van der Waals surface area (Å²) in [4.78, 5) is 23.9. The monoisotopic (exact) mass is 350 g/mol. The molecule has 3 aromatic rings. The first-order valence-corrected chi connectivity index (χ1v) is 8.44. The summed E-state index contributed by atoms with van der Waals surface area (Å²) in [6.07, 6.45) is 0.912. The Balaban J connectivity index is 1.74. The van der Waals surface area contributed by atoms with Crippen molar-refractivity contribution in [3.63, 3.8) is 0 Å². The Hall–Kier alpha value is -3.08. The number of ether oxygens (including phenoxy) is 1. The molecule has 0 saturated heterocycles. The molecule has 1 fully saturated rings. The summed E-state index contributed by atoms with van der Waals surface area (Å²) in [7, 11) is 1.64. The van der Waals surface area contributed by atoms with E-state index in [1.165, 1.54) is 12.1 Å². The molecule has 132 valence electrons. The lowest BCUT2D eigenvalue weighted by atomic mass is 10.0. The summed E-state index contributed by atoms with van der Waals surface area (Å²) in [5.41, 5.74) is 2.06. The molecule has 1 saturated carbocycles. The average Bonchev–Trinajstić information content (AvgIpc) is 3.45. The molecular formula is C21H18O5. The molecule has 2 aromatic carbocycles. The topological polar surface area (TPSA) is 76.7 Å². The van der Waals surface area contributed by atoms with Gasteiger partial charge < -0.3 is 14.3 Å². The van der Waals surface area contributed by atoms with Crippen molar-refractivity contribution in [1.82, 2.24) is 0 Å². The van der Waals surface area contributed by atoms with E-state index < -0.39 is 5.97 Å². The van der Waals surface area contributed by atoms with Crippen molar-refractivity contribution in [3.05, 3.63) is 75.1 Å². The first-order chi connectivity index (χ1) is 12.5. The van der Waals surface area contributed by atoms with Crippen molar-refractivity contribution in [2.45, 2.75) is 25.2 Å². The molecule has 0 radical (unpaired) electrons. The Morgan fingerprint density at radius 3 is 2.73 bits per heavy atom. The quantitative estimate of drug-likeness (QED) is 0.767. The molecule has 0 bridgehead atoms. The lowest BCUT2D eigenvalue weighted by molar-refractivity contribution is 0.0697. The smallest absolute Gasteiger partial charge is 0.335 e.